The van der Waals surface area contributed by atoms with Crippen molar-refractivity contribution >= 4 is 11.8 Å². The second kappa shape index (κ2) is 12.9. The summed E-state index contributed by atoms with van der Waals surface area (Å²) in [5, 5.41) is 20.0. The third-order valence-corrected chi connectivity index (χ3v) is 5.80. The van der Waals surface area contributed by atoms with E-state index in [9.17, 15) is 14.7 Å². The molecule has 0 bridgehead atoms. The van der Waals surface area contributed by atoms with E-state index >= 15 is 0 Å². The zero-order valence-electron chi connectivity index (χ0n) is 21.4. The predicted molar refractivity (Wildman–Crippen MR) is 141 cm³/mol. The van der Waals surface area contributed by atoms with E-state index in [1.807, 2.05) is 89.3 Å². The molecule has 1 aliphatic rings. The fourth-order valence-corrected chi connectivity index (χ4v) is 3.46. The number of carbonyl (C=O) groups excluding carboxylic acids is 1. The monoisotopic (exact) mass is 462 g/mol. The summed E-state index contributed by atoms with van der Waals surface area (Å²) in [4.78, 5) is 22.6. The maximum absolute atomic E-state index is 11.9. The number of hydrogen-bond acceptors (Lipinski definition) is 3. The van der Waals surface area contributed by atoms with Crippen molar-refractivity contribution in [2.24, 2.45) is 5.41 Å². The predicted octanol–water partition coefficient (Wildman–Crippen LogP) is 6.76. The molecule has 0 aromatic heterocycles. The second-order valence-corrected chi connectivity index (χ2v) is 9.44. The molecule has 0 saturated carbocycles. The van der Waals surface area contributed by atoms with Gasteiger partial charge in [0.1, 0.15) is 5.60 Å². The number of ketones is 1. The molecule has 4 nitrogen and oxygen atoms in total. The molecule has 0 aromatic carbocycles. The number of carboxylic acid groups (broad SMARTS) is 1. The molecule has 34 heavy (non-hydrogen) atoms. The summed E-state index contributed by atoms with van der Waals surface area (Å²) in [6.45, 7) is 13.1. The van der Waals surface area contributed by atoms with Crippen molar-refractivity contribution in [3.63, 3.8) is 0 Å². The standard InChI is InChI=1S/C30H38O4/c1-22(12-8-9-13-23(2)16-11-17-25(4)28(32)33)14-10-15-24(3)18-19-30(34)26(5)20-27(31)21-29(30,6)7/h8-20,34H,21H2,1-7H3,(H,32,33)/b9-8+,14-10+,16-11+,19-18+,22-12+,23-13+,24-15+,25-17+. The van der Waals surface area contributed by atoms with Gasteiger partial charge in [0.05, 0.1) is 0 Å². The lowest BCUT2D eigenvalue weighted by molar-refractivity contribution is -0.132. The first-order chi connectivity index (χ1) is 15.8. The van der Waals surface area contributed by atoms with Gasteiger partial charge < -0.3 is 10.2 Å². The summed E-state index contributed by atoms with van der Waals surface area (Å²) in [7, 11) is 0. The summed E-state index contributed by atoms with van der Waals surface area (Å²) in [6, 6.07) is 0. The third kappa shape index (κ3) is 8.95. The molecule has 4 heteroatoms. The summed E-state index contributed by atoms with van der Waals surface area (Å²) >= 11 is 0. The lowest BCUT2D eigenvalue weighted by Crippen LogP contribution is -2.48. The van der Waals surface area contributed by atoms with Crippen LogP contribution in [0, 0.1) is 5.41 Å². The van der Waals surface area contributed by atoms with Gasteiger partial charge in [-0.15, -0.1) is 0 Å². The van der Waals surface area contributed by atoms with Crippen LogP contribution in [-0.2, 0) is 9.59 Å². The third-order valence-electron chi connectivity index (χ3n) is 5.80. The molecule has 0 amide bonds. The highest BCUT2D eigenvalue weighted by Crippen LogP contribution is 2.44. The zero-order chi connectivity index (χ0) is 25.9. The Kier molecular flexibility index (Phi) is 10.9. The molecule has 0 fully saturated rings. The van der Waals surface area contributed by atoms with Crippen molar-refractivity contribution < 1.29 is 19.8 Å². The first kappa shape index (κ1) is 28.8. The second-order valence-electron chi connectivity index (χ2n) is 9.44. The largest absolute Gasteiger partial charge is 0.478 e. The summed E-state index contributed by atoms with van der Waals surface area (Å²) in [5.74, 6) is -0.867. The number of allylic oxidation sites excluding steroid dienone is 15. The molecule has 1 atom stereocenters. The molecular formula is C30H38O4. The summed E-state index contributed by atoms with van der Waals surface area (Å²) in [5.41, 5.74) is 2.34. The van der Waals surface area contributed by atoms with Crippen LogP contribution < -0.4 is 0 Å². The van der Waals surface area contributed by atoms with Gasteiger partial charge >= 0.3 is 5.97 Å². The van der Waals surface area contributed by atoms with E-state index in [1.54, 1.807) is 38.2 Å². The van der Waals surface area contributed by atoms with Crippen molar-refractivity contribution in [3.8, 4) is 0 Å². The van der Waals surface area contributed by atoms with Crippen LogP contribution in [0.5, 0.6) is 0 Å². The van der Waals surface area contributed by atoms with Gasteiger partial charge in [0.2, 0.25) is 0 Å². The topological polar surface area (TPSA) is 74.6 Å². The van der Waals surface area contributed by atoms with Crippen LogP contribution in [0.15, 0.2) is 107 Å². The Morgan fingerprint density at radius 2 is 1.32 bits per heavy atom. The van der Waals surface area contributed by atoms with Crippen LogP contribution >= 0.6 is 0 Å². The van der Waals surface area contributed by atoms with E-state index in [1.165, 1.54) is 0 Å². The van der Waals surface area contributed by atoms with E-state index < -0.39 is 17.0 Å². The molecule has 0 spiro atoms. The average molecular weight is 463 g/mol. The SMILES string of the molecule is CC1=CC(=O)CC(C)(C)C1(O)/C=C/C(C)=C/C=C/C(C)=C/C=C/C=C(C)/C=C/C=C(\C)C(=O)O. The summed E-state index contributed by atoms with van der Waals surface area (Å²) < 4.78 is 0. The van der Waals surface area contributed by atoms with E-state index in [0.29, 0.717) is 17.6 Å². The quantitative estimate of drug-likeness (QED) is 0.293. The molecule has 182 valence electrons. The lowest BCUT2D eigenvalue weighted by atomic mass is 9.64. The van der Waals surface area contributed by atoms with Gasteiger partial charge in [-0.1, -0.05) is 97.4 Å². The molecule has 0 aromatic rings. The normalized spacial score (nSPS) is 23.1. The fraction of sp³-hybridized carbons (Fsp3) is 0.333. The molecule has 1 aliphatic carbocycles. The van der Waals surface area contributed by atoms with Crippen LogP contribution in [0.3, 0.4) is 0 Å². The highest BCUT2D eigenvalue weighted by molar-refractivity contribution is 5.92. The highest BCUT2D eigenvalue weighted by atomic mass is 16.4. The molecule has 0 saturated heterocycles. The summed E-state index contributed by atoms with van der Waals surface area (Å²) in [6.07, 6.45) is 24.5. The molecular weight excluding hydrogens is 424 g/mol. The van der Waals surface area contributed by atoms with Gasteiger partial charge in [0.25, 0.3) is 0 Å². The van der Waals surface area contributed by atoms with Crippen LogP contribution in [0.1, 0.15) is 54.9 Å². The van der Waals surface area contributed by atoms with E-state index in [-0.39, 0.29) is 5.78 Å². The minimum absolute atomic E-state index is 0.0529. The van der Waals surface area contributed by atoms with Crippen molar-refractivity contribution in [2.75, 3.05) is 0 Å². The number of rotatable bonds is 9. The van der Waals surface area contributed by atoms with Gasteiger partial charge in [-0.3, -0.25) is 4.79 Å². The molecule has 0 radical (unpaired) electrons. The van der Waals surface area contributed by atoms with Crippen LogP contribution in [-0.4, -0.2) is 27.6 Å². The van der Waals surface area contributed by atoms with E-state index in [4.69, 9.17) is 5.11 Å². The van der Waals surface area contributed by atoms with Crippen LogP contribution in [0.25, 0.3) is 0 Å². The van der Waals surface area contributed by atoms with Crippen molar-refractivity contribution in [2.45, 2.75) is 60.5 Å². The van der Waals surface area contributed by atoms with Gasteiger partial charge in [-0.05, 0) is 52.3 Å². The number of carbonyl (C=O) groups is 2. The van der Waals surface area contributed by atoms with Crippen LogP contribution in [0.4, 0.5) is 0 Å². The van der Waals surface area contributed by atoms with Crippen molar-refractivity contribution in [3.05, 3.63) is 107 Å². The Labute approximate surface area is 204 Å². The van der Waals surface area contributed by atoms with Crippen molar-refractivity contribution in [1.29, 1.82) is 0 Å². The number of aliphatic hydroxyl groups is 1. The van der Waals surface area contributed by atoms with Gasteiger partial charge in [0.15, 0.2) is 5.78 Å². The van der Waals surface area contributed by atoms with Gasteiger partial charge in [-0.2, -0.15) is 0 Å². The Bertz CT molecular complexity index is 1050. The highest BCUT2D eigenvalue weighted by Gasteiger charge is 2.46. The molecule has 0 aliphatic heterocycles. The van der Waals surface area contributed by atoms with E-state index in [0.717, 1.165) is 16.7 Å². The van der Waals surface area contributed by atoms with E-state index in [2.05, 4.69) is 0 Å². The number of aliphatic carboxylic acids is 1. The minimum atomic E-state index is -1.15. The maximum Gasteiger partial charge on any atom is 0.331 e. The zero-order valence-corrected chi connectivity index (χ0v) is 21.4. The van der Waals surface area contributed by atoms with Gasteiger partial charge in [0, 0.05) is 17.4 Å². The Morgan fingerprint density at radius 3 is 1.82 bits per heavy atom. The lowest BCUT2D eigenvalue weighted by Gasteiger charge is -2.44. The molecule has 2 N–H and O–H groups in total. The average Bonchev–Trinajstić information content (AvgIpc) is 2.73. The Morgan fingerprint density at radius 1 is 0.853 bits per heavy atom. The fourth-order valence-electron chi connectivity index (χ4n) is 3.46. The Hall–Kier alpha value is -3.24. The first-order valence-electron chi connectivity index (χ1n) is 11.4. The number of carboxylic acids is 1. The maximum atomic E-state index is 11.9. The first-order valence-corrected chi connectivity index (χ1v) is 11.4. The van der Waals surface area contributed by atoms with Gasteiger partial charge in [-0.25, -0.2) is 4.79 Å². The smallest absolute Gasteiger partial charge is 0.331 e. The molecule has 1 rings (SSSR count). The molecule has 0 heterocycles. The minimum Gasteiger partial charge on any atom is -0.478 e. The number of hydrogen-bond donors (Lipinski definition) is 2. The van der Waals surface area contributed by atoms with Crippen molar-refractivity contribution in [1.82, 2.24) is 0 Å². The Balaban J connectivity index is 2.75. The van der Waals surface area contributed by atoms with Crippen LogP contribution in [0.2, 0.25) is 0 Å². The molecule has 1 unspecified atom stereocenters.